The lowest BCUT2D eigenvalue weighted by Gasteiger charge is -2.08. The molecule has 0 radical (unpaired) electrons. The summed E-state index contributed by atoms with van der Waals surface area (Å²) in [5.41, 5.74) is 1.47. The second-order valence-electron chi connectivity index (χ2n) is 3.78. The molecule has 17 heavy (non-hydrogen) atoms. The number of nitrogens with zero attached hydrogens (tertiary/aromatic N) is 4. The molecule has 0 N–H and O–H groups in total. The van der Waals surface area contributed by atoms with Crippen LogP contribution in [0.4, 0.5) is 0 Å². The average Bonchev–Trinajstić information content (AvgIpc) is 2.71. The molecular formula is C11H14N4O2. The van der Waals surface area contributed by atoms with Gasteiger partial charge in [-0.1, -0.05) is 0 Å². The number of carbonyl (C=O) groups is 1. The third-order valence-corrected chi connectivity index (χ3v) is 2.45. The van der Waals surface area contributed by atoms with Crippen LogP contribution in [0.2, 0.25) is 0 Å². The van der Waals surface area contributed by atoms with E-state index in [1.165, 1.54) is 0 Å². The molecule has 2 aromatic heterocycles. The van der Waals surface area contributed by atoms with E-state index in [9.17, 15) is 4.79 Å². The fraction of sp³-hybridized carbons (Fsp3) is 0.455. The summed E-state index contributed by atoms with van der Waals surface area (Å²) in [6.45, 7) is 5.73. The number of carbonyl (C=O) groups excluding carboxylic acids is 1. The maximum atomic E-state index is 11.6. The maximum absolute atomic E-state index is 11.6. The average molecular weight is 234 g/mol. The lowest BCUT2D eigenvalue weighted by Crippen LogP contribution is -2.16. The summed E-state index contributed by atoms with van der Waals surface area (Å²) in [5.74, 6) is -0.286. The fourth-order valence-corrected chi connectivity index (χ4v) is 1.54. The lowest BCUT2D eigenvalue weighted by molar-refractivity contribution is -0.144. The predicted molar refractivity (Wildman–Crippen MR) is 60.6 cm³/mol. The topological polar surface area (TPSA) is 69.4 Å². The molecule has 2 heterocycles. The van der Waals surface area contributed by atoms with Crippen LogP contribution in [-0.2, 0) is 9.53 Å². The zero-order valence-electron chi connectivity index (χ0n) is 10.0. The minimum atomic E-state index is -0.473. The third kappa shape index (κ3) is 2.11. The van der Waals surface area contributed by atoms with Crippen molar-refractivity contribution in [2.75, 3.05) is 6.61 Å². The van der Waals surface area contributed by atoms with E-state index in [-0.39, 0.29) is 5.97 Å². The van der Waals surface area contributed by atoms with E-state index in [0.717, 1.165) is 5.69 Å². The SMILES string of the molecule is CCOC(=O)C(C)c1nnc2ccc(C)nn12. The Kier molecular flexibility index (Phi) is 3.03. The van der Waals surface area contributed by atoms with Gasteiger partial charge in [-0.25, -0.2) is 0 Å². The highest BCUT2D eigenvalue weighted by molar-refractivity contribution is 5.76. The van der Waals surface area contributed by atoms with Crippen molar-refractivity contribution < 1.29 is 9.53 Å². The number of aromatic nitrogens is 4. The Hall–Kier alpha value is -1.98. The summed E-state index contributed by atoms with van der Waals surface area (Å²) in [5, 5.41) is 12.2. The van der Waals surface area contributed by atoms with Gasteiger partial charge >= 0.3 is 5.97 Å². The van der Waals surface area contributed by atoms with E-state index in [2.05, 4.69) is 15.3 Å². The maximum Gasteiger partial charge on any atom is 0.316 e. The molecule has 0 aliphatic rings. The van der Waals surface area contributed by atoms with Gasteiger partial charge in [0.25, 0.3) is 0 Å². The molecule has 1 atom stereocenters. The highest BCUT2D eigenvalue weighted by Gasteiger charge is 2.22. The van der Waals surface area contributed by atoms with Gasteiger partial charge in [0.05, 0.1) is 12.3 Å². The first kappa shape index (κ1) is 11.5. The highest BCUT2D eigenvalue weighted by atomic mass is 16.5. The zero-order chi connectivity index (χ0) is 12.4. The van der Waals surface area contributed by atoms with Crippen molar-refractivity contribution in [2.24, 2.45) is 0 Å². The first-order chi connectivity index (χ1) is 8.13. The summed E-state index contributed by atoms with van der Waals surface area (Å²) in [4.78, 5) is 11.6. The van der Waals surface area contributed by atoms with Crippen LogP contribution in [-0.4, -0.2) is 32.4 Å². The molecule has 6 heteroatoms. The summed E-state index contributed by atoms with van der Waals surface area (Å²) in [7, 11) is 0. The normalized spacial score (nSPS) is 12.6. The fourth-order valence-electron chi connectivity index (χ4n) is 1.54. The number of hydrogen-bond acceptors (Lipinski definition) is 5. The summed E-state index contributed by atoms with van der Waals surface area (Å²) in [6, 6.07) is 3.67. The van der Waals surface area contributed by atoms with Crippen molar-refractivity contribution in [1.29, 1.82) is 0 Å². The van der Waals surface area contributed by atoms with Crippen LogP contribution in [0.15, 0.2) is 12.1 Å². The minimum absolute atomic E-state index is 0.315. The Morgan fingerprint density at radius 1 is 1.47 bits per heavy atom. The van der Waals surface area contributed by atoms with Gasteiger partial charge in [0.1, 0.15) is 5.92 Å². The van der Waals surface area contributed by atoms with Crippen molar-refractivity contribution in [3.05, 3.63) is 23.7 Å². The standard InChI is InChI=1S/C11H14N4O2/c1-4-17-11(16)8(3)10-13-12-9-6-5-7(2)14-15(9)10/h5-6,8H,4H2,1-3H3. The quantitative estimate of drug-likeness (QED) is 0.744. The van der Waals surface area contributed by atoms with Crippen LogP contribution in [0.5, 0.6) is 0 Å². The molecule has 2 rings (SSSR count). The molecule has 0 aliphatic heterocycles. The smallest absolute Gasteiger partial charge is 0.316 e. The van der Waals surface area contributed by atoms with Gasteiger partial charge in [-0.05, 0) is 32.9 Å². The van der Waals surface area contributed by atoms with Crippen LogP contribution in [0.25, 0.3) is 5.65 Å². The van der Waals surface area contributed by atoms with Gasteiger partial charge in [-0.15, -0.1) is 10.2 Å². The highest BCUT2D eigenvalue weighted by Crippen LogP contribution is 2.15. The minimum Gasteiger partial charge on any atom is -0.465 e. The first-order valence-electron chi connectivity index (χ1n) is 5.49. The lowest BCUT2D eigenvalue weighted by atomic mass is 10.2. The van der Waals surface area contributed by atoms with E-state index in [1.807, 2.05) is 19.1 Å². The predicted octanol–water partition coefficient (Wildman–Crippen LogP) is 1.10. The molecule has 1 unspecified atom stereocenters. The summed E-state index contributed by atoms with van der Waals surface area (Å²) >= 11 is 0. The van der Waals surface area contributed by atoms with Gasteiger partial charge in [0.2, 0.25) is 0 Å². The van der Waals surface area contributed by atoms with Crippen molar-refractivity contribution in [2.45, 2.75) is 26.7 Å². The molecule has 0 aliphatic carbocycles. The number of fused-ring (bicyclic) bond motifs is 1. The van der Waals surface area contributed by atoms with Crippen LogP contribution in [0.3, 0.4) is 0 Å². The molecule has 0 aromatic carbocycles. The summed E-state index contributed by atoms with van der Waals surface area (Å²) < 4.78 is 6.54. The number of esters is 1. The molecule has 0 saturated carbocycles. The molecule has 0 amide bonds. The molecule has 2 aromatic rings. The van der Waals surface area contributed by atoms with E-state index in [1.54, 1.807) is 18.4 Å². The van der Waals surface area contributed by atoms with E-state index in [4.69, 9.17) is 4.74 Å². The number of ether oxygens (including phenoxy) is 1. The van der Waals surface area contributed by atoms with Gasteiger partial charge in [0, 0.05) is 0 Å². The van der Waals surface area contributed by atoms with E-state index >= 15 is 0 Å². The Morgan fingerprint density at radius 3 is 2.94 bits per heavy atom. The second-order valence-corrected chi connectivity index (χ2v) is 3.78. The van der Waals surface area contributed by atoms with Crippen LogP contribution >= 0.6 is 0 Å². The van der Waals surface area contributed by atoms with E-state index in [0.29, 0.717) is 18.1 Å². The van der Waals surface area contributed by atoms with Crippen molar-refractivity contribution in [3.63, 3.8) is 0 Å². The van der Waals surface area contributed by atoms with Crippen LogP contribution in [0, 0.1) is 6.92 Å². The molecular weight excluding hydrogens is 220 g/mol. The zero-order valence-corrected chi connectivity index (χ0v) is 10.0. The number of rotatable bonds is 3. The molecule has 90 valence electrons. The van der Waals surface area contributed by atoms with Gasteiger partial charge in [0.15, 0.2) is 11.5 Å². The van der Waals surface area contributed by atoms with Gasteiger partial charge < -0.3 is 4.74 Å². The first-order valence-corrected chi connectivity index (χ1v) is 5.49. The number of hydrogen-bond donors (Lipinski definition) is 0. The van der Waals surface area contributed by atoms with Crippen LogP contribution < -0.4 is 0 Å². The Labute approximate surface area is 98.6 Å². The Morgan fingerprint density at radius 2 is 2.24 bits per heavy atom. The summed E-state index contributed by atoms with van der Waals surface area (Å²) in [6.07, 6.45) is 0. The molecule has 0 saturated heterocycles. The van der Waals surface area contributed by atoms with Gasteiger partial charge in [-0.2, -0.15) is 9.61 Å². The Balaban J connectivity index is 2.41. The van der Waals surface area contributed by atoms with Crippen molar-refractivity contribution >= 4 is 11.6 Å². The third-order valence-electron chi connectivity index (χ3n) is 2.45. The molecule has 0 spiro atoms. The van der Waals surface area contributed by atoms with E-state index < -0.39 is 5.92 Å². The second kappa shape index (κ2) is 4.48. The molecule has 0 bridgehead atoms. The van der Waals surface area contributed by atoms with Gasteiger partial charge in [-0.3, -0.25) is 4.79 Å². The molecule has 6 nitrogen and oxygen atoms in total. The Bertz CT molecular complexity index is 549. The monoisotopic (exact) mass is 234 g/mol. The number of aryl methyl sites for hydroxylation is 1. The molecule has 0 fully saturated rings. The van der Waals surface area contributed by atoms with Crippen LogP contribution in [0.1, 0.15) is 31.3 Å². The van der Waals surface area contributed by atoms with Crippen molar-refractivity contribution in [1.82, 2.24) is 19.8 Å². The largest absolute Gasteiger partial charge is 0.465 e. The van der Waals surface area contributed by atoms with Crippen molar-refractivity contribution in [3.8, 4) is 0 Å².